The molecular weight excluding hydrogens is 296 g/mol. The Morgan fingerprint density at radius 2 is 2.22 bits per heavy atom. The summed E-state index contributed by atoms with van der Waals surface area (Å²) in [5.41, 5.74) is 0.197. The predicted molar refractivity (Wildman–Crippen MR) is 84.6 cm³/mol. The second-order valence-electron chi connectivity index (χ2n) is 6.96. The quantitative estimate of drug-likeness (QED) is 0.889. The minimum absolute atomic E-state index is 0.116. The topological polar surface area (TPSA) is 80.6 Å². The summed E-state index contributed by atoms with van der Waals surface area (Å²) >= 11 is 0. The van der Waals surface area contributed by atoms with Gasteiger partial charge in [0.25, 0.3) is 11.8 Å². The van der Waals surface area contributed by atoms with Gasteiger partial charge in [0.1, 0.15) is 5.76 Å². The number of nitrogens with one attached hydrogen (secondary N) is 2. The normalized spacial score (nSPS) is 25.8. The highest BCUT2D eigenvalue weighted by molar-refractivity contribution is 6.00. The Bertz CT molecular complexity index is 614. The first-order valence-corrected chi connectivity index (χ1v) is 8.25. The molecule has 0 bridgehead atoms. The molecule has 2 amide bonds. The van der Waals surface area contributed by atoms with Crippen LogP contribution in [-0.2, 0) is 10.2 Å². The molecule has 23 heavy (non-hydrogen) atoms. The Hall–Kier alpha value is -1.82. The second kappa shape index (κ2) is 6.00. The number of ether oxygens (including phenoxy) is 1. The predicted octanol–water partition coefficient (Wildman–Crippen LogP) is 1.99. The maximum absolute atomic E-state index is 12.4. The lowest BCUT2D eigenvalue weighted by atomic mass is 9.85. The smallest absolute Gasteiger partial charge is 0.287 e. The highest BCUT2D eigenvalue weighted by atomic mass is 16.5. The molecule has 6 nitrogen and oxygen atoms in total. The molecule has 0 saturated heterocycles. The van der Waals surface area contributed by atoms with Gasteiger partial charge < -0.3 is 19.8 Å². The van der Waals surface area contributed by atoms with Crippen LogP contribution in [0.2, 0.25) is 0 Å². The number of rotatable bonds is 4. The van der Waals surface area contributed by atoms with E-state index in [4.69, 9.17) is 9.15 Å². The van der Waals surface area contributed by atoms with Crippen LogP contribution in [0.25, 0.3) is 0 Å². The van der Waals surface area contributed by atoms with E-state index in [0.29, 0.717) is 24.5 Å². The van der Waals surface area contributed by atoms with Gasteiger partial charge in [0.05, 0.1) is 11.7 Å². The Labute approximate surface area is 135 Å². The molecule has 0 unspecified atom stereocenters. The van der Waals surface area contributed by atoms with Crippen LogP contribution in [-0.4, -0.2) is 37.1 Å². The van der Waals surface area contributed by atoms with Gasteiger partial charge in [-0.15, -0.1) is 0 Å². The van der Waals surface area contributed by atoms with Crippen molar-refractivity contribution < 1.29 is 18.7 Å². The van der Waals surface area contributed by atoms with E-state index in [-0.39, 0.29) is 35.1 Å². The van der Waals surface area contributed by atoms with Gasteiger partial charge >= 0.3 is 0 Å². The first-order valence-electron chi connectivity index (χ1n) is 8.25. The number of furan rings is 1. The number of carbonyl (C=O) groups is 2. The molecule has 0 aromatic carbocycles. The summed E-state index contributed by atoms with van der Waals surface area (Å²) in [5, 5.41) is 5.79. The largest absolute Gasteiger partial charge is 0.454 e. The fourth-order valence-corrected chi connectivity index (χ4v) is 3.18. The van der Waals surface area contributed by atoms with Crippen LogP contribution >= 0.6 is 0 Å². The van der Waals surface area contributed by atoms with Gasteiger partial charge in [-0.1, -0.05) is 13.8 Å². The average Bonchev–Trinajstić information content (AvgIpc) is 2.87. The molecule has 1 fully saturated rings. The molecule has 1 aliphatic heterocycles. The van der Waals surface area contributed by atoms with Crippen molar-refractivity contribution in [2.75, 3.05) is 13.2 Å². The maximum atomic E-state index is 12.4. The molecule has 0 atom stereocenters. The summed E-state index contributed by atoms with van der Waals surface area (Å²) < 4.78 is 11.3. The van der Waals surface area contributed by atoms with Crippen LogP contribution in [0.4, 0.5) is 0 Å². The zero-order valence-corrected chi connectivity index (χ0v) is 13.9. The highest BCUT2D eigenvalue weighted by Crippen LogP contribution is 2.34. The lowest BCUT2D eigenvalue weighted by Gasteiger charge is -2.35. The molecule has 1 aromatic heterocycles. The van der Waals surface area contributed by atoms with Gasteiger partial charge in [-0.2, -0.15) is 0 Å². The minimum atomic E-state index is -0.274. The number of hydrogen-bond donors (Lipinski definition) is 2. The van der Waals surface area contributed by atoms with Crippen molar-refractivity contribution >= 4 is 11.8 Å². The molecule has 1 saturated carbocycles. The molecule has 0 radical (unpaired) electrons. The van der Waals surface area contributed by atoms with Gasteiger partial charge in [-0.25, -0.2) is 0 Å². The van der Waals surface area contributed by atoms with E-state index in [1.165, 1.54) is 0 Å². The third kappa shape index (κ3) is 3.13. The van der Waals surface area contributed by atoms with Gasteiger partial charge in [-0.05, 0) is 26.2 Å². The van der Waals surface area contributed by atoms with Crippen LogP contribution in [0.1, 0.15) is 66.7 Å². The SMILES string of the molecule is CCOC1CC(NC(=O)c2cc3c(o2)C(C)(C)CCNC3=O)C1. The molecule has 1 aliphatic carbocycles. The van der Waals surface area contributed by atoms with E-state index in [0.717, 1.165) is 19.3 Å². The van der Waals surface area contributed by atoms with Crippen molar-refractivity contribution in [3.63, 3.8) is 0 Å². The lowest BCUT2D eigenvalue weighted by molar-refractivity contribution is -0.00887. The summed E-state index contributed by atoms with van der Waals surface area (Å²) in [7, 11) is 0. The Morgan fingerprint density at radius 3 is 2.91 bits per heavy atom. The minimum Gasteiger partial charge on any atom is -0.454 e. The molecule has 0 spiro atoms. The number of amides is 2. The summed E-state index contributed by atoms with van der Waals surface area (Å²) in [6.45, 7) is 7.32. The van der Waals surface area contributed by atoms with Crippen molar-refractivity contribution in [1.29, 1.82) is 0 Å². The van der Waals surface area contributed by atoms with Crippen molar-refractivity contribution in [3.05, 3.63) is 23.2 Å². The Balaban J connectivity index is 1.71. The summed E-state index contributed by atoms with van der Waals surface area (Å²) in [6.07, 6.45) is 2.67. The highest BCUT2D eigenvalue weighted by Gasteiger charge is 2.36. The van der Waals surface area contributed by atoms with E-state index in [1.807, 2.05) is 20.8 Å². The third-order valence-electron chi connectivity index (χ3n) is 4.68. The van der Waals surface area contributed by atoms with E-state index >= 15 is 0 Å². The summed E-state index contributed by atoms with van der Waals surface area (Å²) in [6, 6.07) is 1.68. The molecule has 2 heterocycles. The zero-order chi connectivity index (χ0) is 16.6. The lowest BCUT2D eigenvalue weighted by Crippen LogP contribution is -2.47. The molecule has 1 aromatic rings. The number of hydrogen-bond acceptors (Lipinski definition) is 4. The van der Waals surface area contributed by atoms with Crippen LogP contribution in [0.5, 0.6) is 0 Å². The zero-order valence-electron chi connectivity index (χ0n) is 13.9. The van der Waals surface area contributed by atoms with E-state index in [2.05, 4.69) is 10.6 Å². The van der Waals surface area contributed by atoms with Crippen molar-refractivity contribution in [2.24, 2.45) is 0 Å². The van der Waals surface area contributed by atoms with Crippen LogP contribution in [0, 0.1) is 0 Å². The molecule has 126 valence electrons. The van der Waals surface area contributed by atoms with Crippen LogP contribution in [0.15, 0.2) is 10.5 Å². The Morgan fingerprint density at radius 1 is 1.48 bits per heavy atom. The van der Waals surface area contributed by atoms with Crippen LogP contribution < -0.4 is 10.6 Å². The van der Waals surface area contributed by atoms with Crippen molar-refractivity contribution in [2.45, 2.75) is 57.6 Å². The van der Waals surface area contributed by atoms with Crippen molar-refractivity contribution in [1.82, 2.24) is 10.6 Å². The number of fused-ring (bicyclic) bond motifs is 1. The van der Waals surface area contributed by atoms with Gasteiger partial charge in [0, 0.05) is 30.7 Å². The first-order chi connectivity index (χ1) is 10.9. The maximum Gasteiger partial charge on any atom is 0.287 e. The van der Waals surface area contributed by atoms with E-state index in [9.17, 15) is 9.59 Å². The van der Waals surface area contributed by atoms with E-state index in [1.54, 1.807) is 6.07 Å². The molecular formula is C17H24N2O4. The monoisotopic (exact) mass is 320 g/mol. The van der Waals surface area contributed by atoms with E-state index < -0.39 is 0 Å². The van der Waals surface area contributed by atoms with Gasteiger partial charge in [-0.3, -0.25) is 9.59 Å². The molecule has 3 rings (SSSR count). The van der Waals surface area contributed by atoms with Gasteiger partial charge in [0.15, 0.2) is 5.76 Å². The molecule has 6 heteroatoms. The van der Waals surface area contributed by atoms with Crippen LogP contribution in [0.3, 0.4) is 0 Å². The Kier molecular flexibility index (Phi) is 4.19. The van der Waals surface area contributed by atoms with Gasteiger partial charge in [0.2, 0.25) is 0 Å². The molecule has 2 aliphatic rings. The fraction of sp³-hybridized carbons (Fsp3) is 0.647. The first kappa shape index (κ1) is 16.1. The summed E-state index contributed by atoms with van der Waals surface area (Å²) in [4.78, 5) is 24.5. The molecule has 2 N–H and O–H groups in total. The van der Waals surface area contributed by atoms with Crippen molar-refractivity contribution in [3.8, 4) is 0 Å². The fourth-order valence-electron chi connectivity index (χ4n) is 3.18. The number of carbonyl (C=O) groups excluding carboxylic acids is 2. The average molecular weight is 320 g/mol. The second-order valence-corrected chi connectivity index (χ2v) is 6.96. The summed E-state index contributed by atoms with van der Waals surface area (Å²) in [5.74, 6) is 0.369. The standard InChI is InChI=1S/C17H24N2O4/c1-4-22-11-7-10(8-11)19-16(21)13-9-12-14(23-13)17(2,3)5-6-18-15(12)20/h9-11H,4-8H2,1-3H3,(H,18,20)(H,19,21). The third-order valence-corrected chi connectivity index (χ3v) is 4.68.